The Labute approximate surface area is 151 Å². The van der Waals surface area contributed by atoms with E-state index < -0.39 is 0 Å². The average Bonchev–Trinajstić information content (AvgIpc) is 2.68. The summed E-state index contributed by atoms with van der Waals surface area (Å²) < 4.78 is 18.5. The smallest absolute Gasteiger partial charge is 0.244 e. The Bertz CT molecular complexity index is 876. The van der Waals surface area contributed by atoms with E-state index in [2.05, 4.69) is 10.3 Å². The Morgan fingerprint density at radius 2 is 1.73 bits per heavy atom. The van der Waals surface area contributed by atoms with Gasteiger partial charge in [0.15, 0.2) is 0 Å². The lowest BCUT2D eigenvalue weighted by atomic mass is 10.2. The van der Waals surface area contributed by atoms with Crippen molar-refractivity contribution in [1.82, 2.24) is 10.3 Å². The second kappa shape index (κ2) is 8.58. The summed E-state index contributed by atoms with van der Waals surface area (Å²) in [5.41, 5.74) is 1.81. The quantitative estimate of drug-likeness (QED) is 0.674. The van der Waals surface area contributed by atoms with Gasteiger partial charge in [-0.1, -0.05) is 18.2 Å². The van der Waals surface area contributed by atoms with Crippen LogP contribution in [0, 0.1) is 5.82 Å². The molecule has 1 aromatic heterocycles. The van der Waals surface area contributed by atoms with Gasteiger partial charge in [-0.3, -0.25) is 9.78 Å². The Morgan fingerprint density at radius 3 is 2.38 bits per heavy atom. The molecule has 0 bridgehead atoms. The first-order chi connectivity index (χ1) is 12.7. The topological polar surface area (TPSA) is 51.2 Å². The van der Waals surface area contributed by atoms with E-state index in [-0.39, 0.29) is 11.7 Å². The summed E-state index contributed by atoms with van der Waals surface area (Å²) in [6.45, 7) is 0.410. The maximum Gasteiger partial charge on any atom is 0.244 e. The van der Waals surface area contributed by atoms with Crippen molar-refractivity contribution in [3.63, 3.8) is 0 Å². The molecule has 1 amide bonds. The molecule has 0 aliphatic carbocycles. The van der Waals surface area contributed by atoms with Crippen molar-refractivity contribution in [2.45, 2.75) is 6.54 Å². The Balaban J connectivity index is 1.50. The van der Waals surface area contributed by atoms with E-state index in [0.717, 1.165) is 11.1 Å². The molecule has 3 rings (SSSR count). The van der Waals surface area contributed by atoms with Gasteiger partial charge in [0.25, 0.3) is 0 Å². The van der Waals surface area contributed by atoms with Gasteiger partial charge in [-0.25, -0.2) is 4.39 Å². The fourth-order valence-electron chi connectivity index (χ4n) is 2.21. The molecule has 130 valence electrons. The maximum atomic E-state index is 12.9. The summed E-state index contributed by atoms with van der Waals surface area (Å²) in [6.07, 6.45) is 6.55. The number of nitrogens with one attached hydrogen (secondary N) is 1. The van der Waals surface area contributed by atoms with Crippen LogP contribution in [0.1, 0.15) is 11.1 Å². The van der Waals surface area contributed by atoms with Gasteiger partial charge in [-0.15, -0.1) is 0 Å². The van der Waals surface area contributed by atoms with Gasteiger partial charge in [-0.2, -0.15) is 0 Å². The number of amides is 1. The fraction of sp³-hybridized carbons (Fsp3) is 0.0476. The minimum absolute atomic E-state index is 0.180. The highest BCUT2D eigenvalue weighted by molar-refractivity contribution is 5.91. The van der Waals surface area contributed by atoms with E-state index in [0.29, 0.717) is 18.0 Å². The monoisotopic (exact) mass is 348 g/mol. The Kier molecular flexibility index (Phi) is 5.72. The van der Waals surface area contributed by atoms with Crippen LogP contribution in [0.2, 0.25) is 0 Å². The Hall–Kier alpha value is -3.47. The van der Waals surface area contributed by atoms with Crippen molar-refractivity contribution < 1.29 is 13.9 Å². The molecule has 3 aromatic rings. The van der Waals surface area contributed by atoms with Crippen LogP contribution < -0.4 is 10.1 Å². The minimum atomic E-state index is -0.305. The molecule has 0 aliphatic heterocycles. The van der Waals surface area contributed by atoms with Gasteiger partial charge in [0, 0.05) is 25.0 Å². The fourth-order valence-corrected chi connectivity index (χ4v) is 2.21. The molecule has 0 unspecified atom stereocenters. The molecule has 4 nitrogen and oxygen atoms in total. The number of aromatic nitrogens is 1. The third-order valence-electron chi connectivity index (χ3n) is 3.55. The highest BCUT2D eigenvalue weighted by atomic mass is 19.1. The van der Waals surface area contributed by atoms with E-state index in [9.17, 15) is 9.18 Å². The summed E-state index contributed by atoms with van der Waals surface area (Å²) in [5.74, 6) is 0.720. The van der Waals surface area contributed by atoms with Crippen molar-refractivity contribution in [2.24, 2.45) is 0 Å². The summed E-state index contributed by atoms with van der Waals surface area (Å²) in [5, 5.41) is 2.82. The number of hydrogen-bond donors (Lipinski definition) is 1. The van der Waals surface area contributed by atoms with Gasteiger partial charge < -0.3 is 10.1 Å². The van der Waals surface area contributed by atoms with Crippen LogP contribution in [0.15, 0.2) is 79.1 Å². The van der Waals surface area contributed by atoms with Crippen molar-refractivity contribution in [3.05, 3.63) is 96.1 Å². The lowest BCUT2D eigenvalue weighted by molar-refractivity contribution is -0.116. The number of nitrogens with zero attached hydrogens (tertiary/aromatic N) is 1. The van der Waals surface area contributed by atoms with Crippen LogP contribution in [-0.4, -0.2) is 10.9 Å². The first kappa shape index (κ1) is 17.4. The van der Waals surface area contributed by atoms with E-state index in [1.807, 2.05) is 24.3 Å². The molecule has 5 heteroatoms. The van der Waals surface area contributed by atoms with Crippen molar-refractivity contribution in [2.75, 3.05) is 0 Å². The van der Waals surface area contributed by atoms with Gasteiger partial charge >= 0.3 is 0 Å². The minimum Gasteiger partial charge on any atom is -0.457 e. The molecule has 1 N–H and O–H groups in total. The van der Waals surface area contributed by atoms with Crippen LogP contribution in [0.3, 0.4) is 0 Å². The van der Waals surface area contributed by atoms with Crippen LogP contribution in [-0.2, 0) is 11.3 Å². The molecule has 0 aliphatic rings. The number of halogens is 1. The number of rotatable bonds is 6. The van der Waals surface area contributed by atoms with Crippen LogP contribution in [0.4, 0.5) is 4.39 Å². The van der Waals surface area contributed by atoms with E-state index in [1.54, 1.807) is 42.7 Å². The predicted molar refractivity (Wildman–Crippen MR) is 98.0 cm³/mol. The standard InChI is InChI=1S/C21H17FN2O2/c22-18-6-10-20(11-7-18)26-19-8-3-17(4-9-19)15-24-21(25)12-5-16-2-1-13-23-14-16/h1-14H,15H2,(H,24,25)/b12-5+. The van der Waals surface area contributed by atoms with Crippen molar-refractivity contribution in [3.8, 4) is 11.5 Å². The van der Waals surface area contributed by atoms with Gasteiger partial charge in [0.05, 0.1) is 0 Å². The number of benzene rings is 2. The molecule has 1 heterocycles. The predicted octanol–water partition coefficient (Wildman–Crippen LogP) is 4.34. The highest BCUT2D eigenvalue weighted by Gasteiger charge is 2.00. The summed E-state index contributed by atoms with van der Waals surface area (Å²) in [7, 11) is 0. The normalized spacial score (nSPS) is 10.7. The SMILES string of the molecule is O=C(/C=C/c1cccnc1)NCc1ccc(Oc2ccc(F)cc2)cc1. The third-order valence-corrected chi connectivity index (χ3v) is 3.55. The van der Waals surface area contributed by atoms with Crippen LogP contribution in [0.5, 0.6) is 11.5 Å². The van der Waals surface area contributed by atoms with Gasteiger partial charge in [0.1, 0.15) is 17.3 Å². The van der Waals surface area contributed by atoms with Gasteiger partial charge in [-0.05, 0) is 59.7 Å². The molecule has 0 atom stereocenters. The van der Waals surface area contributed by atoms with E-state index in [4.69, 9.17) is 4.74 Å². The molecule has 0 saturated carbocycles. The summed E-state index contributed by atoms with van der Waals surface area (Å²) in [4.78, 5) is 15.8. The molecule has 0 radical (unpaired) electrons. The molecule has 26 heavy (non-hydrogen) atoms. The van der Waals surface area contributed by atoms with E-state index in [1.165, 1.54) is 18.2 Å². The third kappa shape index (κ3) is 5.27. The molecule has 0 fully saturated rings. The lowest BCUT2D eigenvalue weighted by Gasteiger charge is -2.07. The molecule has 0 saturated heterocycles. The first-order valence-electron chi connectivity index (χ1n) is 8.07. The van der Waals surface area contributed by atoms with E-state index >= 15 is 0 Å². The second-order valence-electron chi connectivity index (χ2n) is 5.54. The average molecular weight is 348 g/mol. The first-order valence-corrected chi connectivity index (χ1v) is 8.07. The zero-order valence-corrected chi connectivity index (χ0v) is 13.9. The molecular weight excluding hydrogens is 331 g/mol. The summed E-state index contributed by atoms with van der Waals surface area (Å²) in [6, 6.07) is 16.8. The molecular formula is C21H17FN2O2. The number of ether oxygens (including phenoxy) is 1. The lowest BCUT2D eigenvalue weighted by Crippen LogP contribution is -2.20. The van der Waals surface area contributed by atoms with Crippen molar-refractivity contribution in [1.29, 1.82) is 0 Å². The zero-order valence-electron chi connectivity index (χ0n) is 13.9. The largest absolute Gasteiger partial charge is 0.457 e. The zero-order chi connectivity index (χ0) is 18.2. The van der Waals surface area contributed by atoms with Crippen molar-refractivity contribution >= 4 is 12.0 Å². The molecule has 2 aromatic carbocycles. The Morgan fingerprint density at radius 1 is 1.04 bits per heavy atom. The number of carbonyl (C=O) groups is 1. The number of pyridine rings is 1. The molecule has 0 spiro atoms. The number of carbonyl (C=O) groups excluding carboxylic acids is 1. The summed E-state index contributed by atoms with van der Waals surface area (Å²) >= 11 is 0. The van der Waals surface area contributed by atoms with Gasteiger partial charge in [0.2, 0.25) is 5.91 Å². The number of hydrogen-bond acceptors (Lipinski definition) is 3. The second-order valence-corrected chi connectivity index (χ2v) is 5.54. The van der Waals surface area contributed by atoms with Crippen LogP contribution in [0.25, 0.3) is 6.08 Å². The van der Waals surface area contributed by atoms with Crippen LogP contribution >= 0.6 is 0 Å². The maximum absolute atomic E-state index is 12.9. The highest BCUT2D eigenvalue weighted by Crippen LogP contribution is 2.21.